The molecule has 2 aromatic rings. The van der Waals surface area contributed by atoms with Crippen LogP contribution in [0, 0.1) is 13.8 Å². The van der Waals surface area contributed by atoms with Gasteiger partial charge < -0.3 is 4.57 Å². The fraction of sp³-hybridized carbons (Fsp3) is 0.435. The first-order valence-electron chi connectivity index (χ1n) is 10.2. The molecule has 1 saturated heterocycles. The van der Waals surface area contributed by atoms with Crippen molar-refractivity contribution in [3.63, 3.8) is 0 Å². The van der Waals surface area contributed by atoms with Crippen molar-refractivity contribution in [3.05, 3.63) is 65.0 Å². The number of hydrogen-bond donors (Lipinski definition) is 0. The zero-order chi connectivity index (χ0) is 20.6. The van der Waals surface area contributed by atoms with E-state index in [0.29, 0.717) is 13.0 Å². The topological polar surface area (TPSA) is 59.4 Å². The highest BCUT2D eigenvalue weighted by molar-refractivity contribution is 7.91. The maximum Gasteiger partial charge on any atom is 0.178 e. The van der Waals surface area contributed by atoms with E-state index in [4.69, 9.17) is 0 Å². The highest BCUT2D eigenvalue weighted by Gasteiger charge is 2.31. The van der Waals surface area contributed by atoms with Crippen LogP contribution >= 0.6 is 0 Å². The van der Waals surface area contributed by atoms with Crippen LogP contribution in [-0.2, 0) is 9.84 Å². The number of rotatable bonds is 5. The molecule has 0 bridgehead atoms. The van der Waals surface area contributed by atoms with Gasteiger partial charge in [-0.2, -0.15) is 0 Å². The standard InChI is InChI=1S/C23H28N2O3S/c1-17-14-22(18(2)25(17)21-10-13-29(27,28)16-21)23(26)15-24-11-8-20(9-12-24)19-6-4-3-5-7-19/h3-8,14,21H,9-13,15-16H2,1-2H3/t21-/m0/s1. The Morgan fingerprint density at radius 3 is 2.55 bits per heavy atom. The van der Waals surface area contributed by atoms with Crippen LogP contribution in [0.4, 0.5) is 0 Å². The normalized spacial score (nSPS) is 21.9. The van der Waals surface area contributed by atoms with E-state index in [2.05, 4.69) is 39.8 Å². The van der Waals surface area contributed by atoms with E-state index in [-0.39, 0.29) is 23.3 Å². The minimum Gasteiger partial charge on any atom is -0.344 e. The number of Topliss-reactive ketones (excluding diaryl/α,β-unsaturated/α-hetero) is 1. The molecule has 0 amide bonds. The van der Waals surface area contributed by atoms with Gasteiger partial charge in [0, 0.05) is 36.1 Å². The van der Waals surface area contributed by atoms with Crippen LogP contribution in [0.15, 0.2) is 42.5 Å². The molecule has 1 fully saturated rings. The summed E-state index contributed by atoms with van der Waals surface area (Å²) in [4.78, 5) is 15.2. The van der Waals surface area contributed by atoms with Crippen LogP contribution in [-0.4, -0.2) is 54.8 Å². The Morgan fingerprint density at radius 1 is 1.17 bits per heavy atom. The molecule has 0 unspecified atom stereocenters. The fourth-order valence-corrected chi connectivity index (χ4v) is 6.36. The number of aromatic nitrogens is 1. The third kappa shape index (κ3) is 4.23. The summed E-state index contributed by atoms with van der Waals surface area (Å²) in [6.45, 7) is 5.94. The Balaban J connectivity index is 1.45. The lowest BCUT2D eigenvalue weighted by molar-refractivity contribution is 0.0937. The Morgan fingerprint density at radius 2 is 1.93 bits per heavy atom. The average molecular weight is 413 g/mol. The third-order valence-corrected chi connectivity index (χ3v) is 7.91. The summed E-state index contributed by atoms with van der Waals surface area (Å²) in [6, 6.07) is 12.3. The van der Waals surface area contributed by atoms with E-state index in [1.807, 2.05) is 26.0 Å². The second kappa shape index (κ2) is 7.92. The Kier molecular flexibility index (Phi) is 5.49. The number of ketones is 1. The van der Waals surface area contributed by atoms with E-state index < -0.39 is 9.84 Å². The largest absolute Gasteiger partial charge is 0.344 e. The van der Waals surface area contributed by atoms with Crippen LogP contribution < -0.4 is 0 Å². The molecule has 0 radical (unpaired) electrons. The predicted octanol–water partition coefficient (Wildman–Crippen LogP) is 3.44. The van der Waals surface area contributed by atoms with Crippen molar-refractivity contribution in [1.82, 2.24) is 9.47 Å². The molecule has 0 spiro atoms. The zero-order valence-electron chi connectivity index (χ0n) is 17.1. The monoisotopic (exact) mass is 412 g/mol. The summed E-state index contributed by atoms with van der Waals surface area (Å²) in [5.41, 5.74) is 5.19. The highest BCUT2D eigenvalue weighted by atomic mass is 32.2. The van der Waals surface area contributed by atoms with Gasteiger partial charge in [-0.25, -0.2) is 8.42 Å². The average Bonchev–Trinajstić information content (AvgIpc) is 3.21. The summed E-state index contributed by atoms with van der Waals surface area (Å²) in [7, 11) is -2.96. The number of carbonyl (C=O) groups excluding carboxylic acids is 1. The maximum atomic E-state index is 13.0. The maximum absolute atomic E-state index is 13.0. The molecule has 0 aliphatic carbocycles. The van der Waals surface area contributed by atoms with Crippen molar-refractivity contribution in [2.75, 3.05) is 31.1 Å². The molecule has 3 heterocycles. The van der Waals surface area contributed by atoms with Crippen molar-refractivity contribution in [3.8, 4) is 0 Å². The fourth-order valence-electron chi connectivity index (χ4n) is 4.66. The van der Waals surface area contributed by atoms with Gasteiger partial charge in [0.15, 0.2) is 15.6 Å². The quantitative estimate of drug-likeness (QED) is 0.706. The van der Waals surface area contributed by atoms with Crippen molar-refractivity contribution < 1.29 is 13.2 Å². The molecule has 4 rings (SSSR count). The first-order valence-corrected chi connectivity index (χ1v) is 12.0. The first-order chi connectivity index (χ1) is 13.8. The summed E-state index contributed by atoms with van der Waals surface area (Å²) < 4.78 is 25.8. The van der Waals surface area contributed by atoms with Crippen LogP contribution in [0.1, 0.15) is 46.2 Å². The molecule has 0 saturated carbocycles. The van der Waals surface area contributed by atoms with Crippen molar-refractivity contribution in [2.45, 2.75) is 32.7 Å². The summed E-state index contributed by atoms with van der Waals surface area (Å²) in [5.74, 6) is 0.527. The lowest BCUT2D eigenvalue weighted by Crippen LogP contribution is -2.33. The number of aryl methyl sites for hydroxylation is 1. The molecular weight excluding hydrogens is 384 g/mol. The number of benzene rings is 1. The molecule has 0 N–H and O–H groups in total. The minimum absolute atomic E-state index is 0.0482. The Labute approximate surface area is 172 Å². The summed E-state index contributed by atoms with van der Waals surface area (Å²) in [5, 5.41) is 0. The molecule has 1 atom stereocenters. The molecule has 5 nitrogen and oxygen atoms in total. The molecular formula is C23H28N2O3S. The van der Waals surface area contributed by atoms with Crippen LogP contribution in [0.2, 0.25) is 0 Å². The van der Waals surface area contributed by atoms with Gasteiger partial charge in [-0.05, 0) is 43.9 Å². The van der Waals surface area contributed by atoms with E-state index in [9.17, 15) is 13.2 Å². The summed E-state index contributed by atoms with van der Waals surface area (Å²) >= 11 is 0. The molecule has 29 heavy (non-hydrogen) atoms. The molecule has 154 valence electrons. The second-order valence-corrected chi connectivity index (χ2v) is 10.4. The van der Waals surface area contributed by atoms with Crippen molar-refractivity contribution in [1.29, 1.82) is 0 Å². The lowest BCUT2D eigenvalue weighted by atomic mass is 9.99. The van der Waals surface area contributed by atoms with Gasteiger partial charge in [0.05, 0.1) is 18.1 Å². The van der Waals surface area contributed by atoms with Crippen molar-refractivity contribution >= 4 is 21.2 Å². The number of carbonyl (C=O) groups is 1. The molecule has 2 aliphatic rings. The molecule has 1 aromatic heterocycles. The summed E-state index contributed by atoms with van der Waals surface area (Å²) in [6.07, 6.45) is 3.79. The van der Waals surface area contributed by atoms with Crippen LogP contribution in [0.25, 0.3) is 5.57 Å². The zero-order valence-corrected chi connectivity index (χ0v) is 17.9. The Hall–Kier alpha value is -2.18. The van der Waals surface area contributed by atoms with E-state index in [1.165, 1.54) is 11.1 Å². The first kappa shape index (κ1) is 20.1. The Bertz CT molecular complexity index is 1050. The van der Waals surface area contributed by atoms with Crippen LogP contribution in [0.5, 0.6) is 0 Å². The highest BCUT2D eigenvalue weighted by Crippen LogP contribution is 2.29. The van der Waals surface area contributed by atoms with E-state index in [0.717, 1.165) is 36.5 Å². The van der Waals surface area contributed by atoms with Gasteiger partial charge in [0.2, 0.25) is 0 Å². The molecule has 6 heteroatoms. The smallest absolute Gasteiger partial charge is 0.178 e. The number of sulfone groups is 1. The van der Waals surface area contributed by atoms with Crippen molar-refractivity contribution in [2.24, 2.45) is 0 Å². The van der Waals surface area contributed by atoms with Gasteiger partial charge in [-0.3, -0.25) is 9.69 Å². The predicted molar refractivity (Wildman–Crippen MR) is 116 cm³/mol. The molecule has 2 aliphatic heterocycles. The SMILES string of the molecule is Cc1cc(C(=O)CN2CC=C(c3ccccc3)CC2)c(C)n1[C@H]1CCS(=O)(=O)C1. The number of nitrogens with zero attached hydrogens (tertiary/aromatic N) is 2. The van der Waals surface area contributed by atoms with Gasteiger partial charge in [-0.15, -0.1) is 0 Å². The molecule has 1 aromatic carbocycles. The van der Waals surface area contributed by atoms with Gasteiger partial charge in [-0.1, -0.05) is 36.4 Å². The van der Waals surface area contributed by atoms with Crippen LogP contribution in [0.3, 0.4) is 0 Å². The van der Waals surface area contributed by atoms with E-state index >= 15 is 0 Å². The third-order valence-electron chi connectivity index (χ3n) is 6.16. The van der Waals surface area contributed by atoms with E-state index in [1.54, 1.807) is 0 Å². The number of hydrogen-bond acceptors (Lipinski definition) is 4. The minimum atomic E-state index is -2.96. The lowest BCUT2D eigenvalue weighted by Gasteiger charge is -2.26. The van der Waals surface area contributed by atoms with Gasteiger partial charge in [0.25, 0.3) is 0 Å². The second-order valence-electron chi connectivity index (χ2n) is 8.22. The van der Waals surface area contributed by atoms with Gasteiger partial charge >= 0.3 is 0 Å². The van der Waals surface area contributed by atoms with Gasteiger partial charge in [0.1, 0.15) is 0 Å².